The number of imidazole rings is 1. The van der Waals surface area contributed by atoms with E-state index in [4.69, 9.17) is 4.99 Å². The molecule has 7 nitrogen and oxygen atoms in total. The molecule has 1 unspecified atom stereocenters. The first-order chi connectivity index (χ1) is 13.8. The van der Waals surface area contributed by atoms with Crippen LogP contribution in [0.25, 0.3) is 10.9 Å². The average Bonchev–Trinajstić information content (AvgIpc) is 3.42. The number of aromatic nitrogens is 3. The van der Waals surface area contributed by atoms with Crippen LogP contribution in [0.2, 0.25) is 0 Å². The molecule has 0 aliphatic carbocycles. The lowest BCUT2D eigenvalue weighted by atomic mass is 10.1. The summed E-state index contributed by atoms with van der Waals surface area (Å²) in [6.45, 7) is 4.33. The molecule has 28 heavy (non-hydrogen) atoms. The molecule has 7 heteroatoms. The molecular weight excluding hydrogens is 352 g/mol. The summed E-state index contributed by atoms with van der Waals surface area (Å²) >= 11 is 0. The number of amidine groups is 1. The Hall–Kier alpha value is -3.09. The molecule has 2 amide bonds. The highest BCUT2D eigenvalue weighted by Crippen LogP contribution is 2.19. The van der Waals surface area contributed by atoms with E-state index >= 15 is 0 Å². The number of nitrogens with zero attached hydrogens (tertiary/aromatic N) is 4. The number of rotatable bonds is 8. The maximum Gasteiger partial charge on any atom is 0.323 e. The second-order valence-corrected chi connectivity index (χ2v) is 7.08. The monoisotopic (exact) mass is 378 g/mol. The van der Waals surface area contributed by atoms with Crippen LogP contribution in [0.15, 0.2) is 54.2 Å². The highest BCUT2D eigenvalue weighted by Gasteiger charge is 2.34. The van der Waals surface area contributed by atoms with Crippen LogP contribution in [0.5, 0.6) is 0 Å². The zero-order valence-corrected chi connectivity index (χ0v) is 16.1. The van der Waals surface area contributed by atoms with Crippen molar-refractivity contribution in [2.75, 3.05) is 13.1 Å². The number of carbonyl (C=O) groups excluding carboxylic acids is 1. The van der Waals surface area contributed by atoms with Gasteiger partial charge in [0.1, 0.15) is 5.84 Å². The Morgan fingerprint density at radius 1 is 1.25 bits per heavy atom. The lowest BCUT2D eigenvalue weighted by molar-refractivity contribution is 0.202. The maximum absolute atomic E-state index is 12.4. The summed E-state index contributed by atoms with van der Waals surface area (Å²) in [6, 6.07) is 8.29. The van der Waals surface area contributed by atoms with Crippen LogP contribution < -0.4 is 5.32 Å². The van der Waals surface area contributed by atoms with Crippen LogP contribution >= 0.6 is 0 Å². The lowest BCUT2D eigenvalue weighted by Gasteiger charge is -2.21. The number of amides is 2. The summed E-state index contributed by atoms with van der Waals surface area (Å²) in [5.41, 5.74) is 2.41. The second kappa shape index (κ2) is 8.29. The molecule has 1 aromatic carbocycles. The van der Waals surface area contributed by atoms with Gasteiger partial charge >= 0.3 is 6.03 Å². The van der Waals surface area contributed by atoms with E-state index in [1.807, 2.05) is 21.7 Å². The summed E-state index contributed by atoms with van der Waals surface area (Å²) < 4.78 is 2.03. The molecule has 3 heterocycles. The summed E-state index contributed by atoms with van der Waals surface area (Å²) in [5.74, 6) is 0.801. The number of aryl methyl sites for hydroxylation is 1. The fraction of sp³-hybridized carbons (Fsp3) is 0.381. The number of urea groups is 1. The van der Waals surface area contributed by atoms with E-state index in [1.54, 1.807) is 12.5 Å². The summed E-state index contributed by atoms with van der Waals surface area (Å²) in [7, 11) is 0. The molecule has 1 aliphatic heterocycles. The topological polar surface area (TPSA) is 78.3 Å². The van der Waals surface area contributed by atoms with Crippen molar-refractivity contribution in [2.45, 2.75) is 38.8 Å². The number of hydrogen-bond acceptors (Lipinski definition) is 3. The highest BCUT2D eigenvalue weighted by atomic mass is 16.2. The van der Waals surface area contributed by atoms with E-state index in [0.29, 0.717) is 13.1 Å². The van der Waals surface area contributed by atoms with E-state index in [2.05, 4.69) is 46.6 Å². The van der Waals surface area contributed by atoms with Gasteiger partial charge in [0.05, 0.1) is 12.4 Å². The Bertz CT molecular complexity index is 958. The second-order valence-electron chi connectivity index (χ2n) is 7.08. The average molecular weight is 378 g/mol. The first-order valence-corrected chi connectivity index (χ1v) is 9.89. The van der Waals surface area contributed by atoms with Crippen molar-refractivity contribution in [1.82, 2.24) is 24.8 Å². The molecule has 2 N–H and O–H groups in total. The van der Waals surface area contributed by atoms with E-state index in [-0.39, 0.29) is 12.1 Å². The van der Waals surface area contributed by atoms with Crippen LogP contribution in [0.1, 0.15) is 25.3 Å². The quantitative estimate of drug-likeness (QED) is 0.631. The minimum absolute atomic E-state index is 0.0386. The molecule has 1 fully saturated rings. The largest absolute Gasteiger partial charge is 0.361 e. The fourth-order valence-electron chi connectivity index (χ4n) is 3.85. The zero-order valence-electron chi connectivity index (χ0n) is 16.1. The predicted molar refractivity (Wildman–Crippen MR) is 110 cm³/mol. The van der Waals surface area contributed by atoms with Crippen molar-refractivity contribution in [3.8, 4) is 0 Å². The summed E-state index contributed by atoms with van der Waals surface area (Å²) in [4.78, 5) is 26.4. The van der Waals surface area contributed by atoms with Gasteiger partial charge in [0.15, 0.2) is 0 Å². The van der Waals surface area contributed by atoms with E-state index < -0.39 is 0 Å². The van der Waals surface area contributed by atoms with Gasteiger partial charge in [-0.3, -0.25) is 10.3 Å². The van der Waals surface area contributed by atoms with Gasteiger partial charge in [0, 0.05) is 49.1 Å². The van der Waals surface area contributed by atoms with Crippen molar-refractivity contribution in [1.29, 1.82) is 0 Å². The number of aliphatic imine (C=N–C) groups is 1. The van der Waals surface area contributed by atoms with Crippen molar-refractivity contribution in [2.24, 2.45) is 4.99 Å². The molecule has 0 saturated carbocycles. The molecule has 2 aromatic heterocycles. The van der Waals surface area contributed by atoms with Gasteiger partial charge in [-0.1, -0.05) is 25.1 Å². The van der Waals surface area contributed by atoms with Crippen LogP contribution in [0.4, 0.5) is 4.79 Å². The number of fused-ring (bicyclic) bond motifs is 1. The van der Waals surface area contributed by atoms with Crippen LogP contribution in [-0.2, 0) is 13.0 Å². The Labute approximate surface area is 164 Å². The minimum atomic E-state index is -0.0386. The Morgan fingerprint density at radius 2 is 2.14 bits per heavy atom. The predicted octanol–water partition coefficient (Wildman–Crippen LogP) is 3.20. The third kappa shape index (κ3) is 3.78. The standard InChI is InChI=1S/C21H26N6O/c1-2-19-20(23-9-8-16-14-24-18-7-4-3-6-17(16)18)25-21(28)27(19)12-5-11-26-13-10-22-15-26/h3-4,6-7,10,13-15,19,24H,2,5,8-9,11-12H2,1H3,(H,23,25,28). The molecule has 1 saturated heterocycles. The first kappa shape index (κ1) is 18.3. The molecule has 0 spiro atoms. The number of carbonyl (C=O) groups is 1. The van der Waals surface area contributed by atoms with Gasteiger partial charge in [0.2, 0.25) is 0 Å². The molecule has 3 aromatic rings. The molecule has 0 bridgehead atoms. The number of hydrogen-bond donors (Lipinski definition) is 2. The third-order valence-electron chi connectivity index (χ3n) is 5.29. The molecule has 1 atom stereocenters. The van der Waals surface area contributed by atoms with Gasteiger partial charge in [-0.25, -0.2) is 9.78 Å². The van der Waals surface area contributed by atoms with Gasteiger partial charge < -0.3 is 14.5 Å². The Morgan fingerprint density at radius 3 is 2.96 bits per heavy atom. The number of H-pyrrole nitrogens is 1. The highest BCUT2D eigenvalue weighted by molar-refractivity contribution is 6.07. The smallest absolute Gasteiger partial charge is 0.323 e. The van der Waals surface area contributed by atoms with Crippen molar-refractivity contribution < 1.29 is 4.79 Å². The van der Waals surface area contributed by atoms with Gasteiger partial charge in [-0.05, 0) is 30.9 Å². The van der Waals surface area contributed by atoms with Crippen molar-refractivity contribution in [3.63, 3.8) is 0 Å². The normalized spacial score (nSPS) is 18.3. The molecular formula is C21H26N6O. The molecule has 4 rings (SSSR count). The van der Waals surface area contributed by atoms with Gasteiger partial charge in [-0.2, -0.15) is 0 Å². The first-order valence-electron chi connectivity index (χ1n) is 9.89. The lowest BCUT2D eigenvalue weighted by Crippen LogP contribution is -2.35. The van der Waals surface area contributed by atoms with Crippen LogP contribution in [-0.4, -0.2) is 50.4 Å². The van der Waals surface area contributed by atoms with Crippen molar-refractivity contribution in [3.05, 3.63) is 54.7 Å². The zero-order chi connectivity index (χ0) is 19.3. The molecule has 1 aliphatic rings. The number of benzene rings is 1. The number of aromatic amines is 1. The van der Waals surface area contributed by atoms with Gasteiger partial charge in [0.25, 0.3) is 0 Å². The molecule has 146 valence electrons. The minimum Gasteiger partial charge on any atom is -0.361 e. The Balaban J connectivity index is 1.36. The fourth-order valence-corrected chi connectivity index (χ4v) is 3.85. The SMILES string of the molecule is CCC1C(=NCCc2c[nH]c3ccccc23)NC(=O)N1CCCn1ccnc1. The Kier molecular flexibility index (Phi) is 5.41. The summed E-state index contributed by atoms with van der Waals surface area (Å²) in [5, 5.41) is 4.22. The van der Waals surface area contributed by atoms with E-state index in [1.165, 1.54) is 10.9 Å². The van der Waals surface area contributed by atoms with E-state index in [9.17, 15) is 4.79 Å². The number of nitrogens with one attached hydrogen (secondary N) is 2. The third-order valence-corrected chi connectivity index (χ3v) is 5.29. The maximum atomic E-state index is 12.4. The number of para-hydroxylation sites is 1. The van der Waals surface area contributed by atoms with Gasteiger partial charge in [-0.15, -0.1) is 0 Å². The van der Waals surface area contributed by atoms with Crippen LogP contribution in [0.3, 0.4) is 0 Å². The van der Waals surface area contributed by atoms with Crippen LogP contribution in [0, 0.1) is 0 Å². The summed E-state index contributed by atoms with van der Waals surface area (Å²) in [6.07, 6.45) is 10.2. The van der Waals surface area contributed by atoms with E-state index in [0.717, 1.165) is 37.2 Å². The molecule has 0 radical (unpaired) electrons. The van der Waals surface area contributed by atoms with Crippen molar-refractivity contribution >= 4 is 22.8 Å².